The summed E-state index contributed by atoms with van der Waals surface area (Å²) < 4.78 is 7.45. The van der Waals surface area contributed by atoms with Crippen LogP contribution in [0, 0.1) is 0 Å². The number of furan rings is 1. The molecule has 0 N–H and O–H groups in total. The number of amides is 2. The Bertz CT molecular complexity index is 1010. The topological polar surface area (TPSA) is 58.7 Å². The molecular formula is C23H24ClN3O3. The van der Waals surface area contributed by atoms with Crippen LogP contribution in [-0.2, 0) is 24.9 Å². The maximum absolute atomic E-state index is 13.3. The number of carbonyl (C=O) groups excluding carboxylic acids is 2. The summed E-state index contributed by atoms with van der Waals surface area (Å²) in [6.07, 6.45) is 5.39. The molecule has 2 heterocycles. The summed E-state index contributed by atoms with van der Waals surface area (Å²) in [6, 6.07) is 14.5. The second kappa shape index (κ2) is 8.79. The second-order valence-corrected chi connectivity index (χ2v) is 8.05. The molecule has 2 aromatic heterocycles. The number of aromatic nitrogens is 1. The monoisotopic (exact) mass is 425 g/mol. The molecule has 1 aromatic carbocycles. The minimum Gasteiger partial charge on any atom is -0.467 e. The Morgan fingerprint density at radius 2 is 1.87 bits per heavy atom. The van der Waals surface area contributed by atoms with Gasteiger partial charge in [0.05, 0.1) is 19.4 Å². The second-order valence-electron chi connectivity index (χ2n) is 7.61. The summed E-state index contributed by atoms with van der Waals surface area (Å²) in [7, 11) is 1.95. The van der Waals surface area contributed by atoms with E-state index in [1.54, 1.807) is 46.4 Å². The number of nitrogens with zero attached hydrogens (tertiary/aromatic N) is 3. The van der Waals surface area contributed by atoms with Gasteiger partial charge in [-0.1, -0.05) is 11.6 Å². The lowest BCUT2D eigenvalue weighted by molar-refractivity contribution is -0.133. The molecule has 0 spiro atoms. The van der Waals surface area contributed by atoms with E-state index in [0.29, 0.717) is 29.4 Å². The zero-order valence-corrected chi connectivity index (χ0v) is 17.6. The zero-order valence-electron chi connectivity index (χ0n) is 16.8. The van der Waals surface area contributed by atoms with Crippen molar-refractivity contribution in [2.24, 2.45) is 7.05 Å². The van der Waals surface area contributed by atoms with Crippen LogP contribution in [0.25, 0.3) is 0 Å². The van der Waals surface area contributed by atoms with Crippen molar-refractivity contribution in [2.45, 2.75) is 32.0 Å². The lowest BCUT2D eigenvalue weighted by atomic mass is 10.2. The van der Waals surface area contributed by atoms with Crippen LogP contribution in [-0.4, -0.2) is 38.8 Å². The third-order valence-corrected chi connectivity index (χ3v) is 5.58. The van der Waals surface area contributed by atoms with Gasteiger partial charge in [0.2, 0.25) is 5.91 Å². The van der Waals surface area contributed by atoms with Crippen LogP contribution < -0.4 is 0 Å². The van der Waals surface area contributed by atoms with Gasteiger partial charge in [0.25, 0.3) is 5.91 Å². The van der Waals surface area contributed by atoms with E-state index >= 15 is 0 Å². The Hall–Kier alpha value is -2.99. The molecular weight excluding hydrogens is 402 g/mol. The van der Waals surface area contributed by atoms with E-state index < -0.39 is 0 Å². The molecule has 1 aliphatic rings. The Balaban J connectivity index is 1.52. The molecule has 0 saturated heterocycles. The number of carbonyl (C=O) groups is 2. The van der Waals surface area contributed by atoms with Crippen molar-refractivity contribution in [3.05, 3.63) is 83.0 Å². The van der Waals surface area contributed by atoms with E-state index in [9.17, 15) is 9.59 Å². The lowest BCUT2D eigenvalue weighted by Crippen LogP contribution is -2.43. The fraction of sp³-hybridized carbons (Fsp3) is 0.304. The van der Waals surface area contributed by atoms with Crippen molar-refractivity contribution in [3.8, 4) is 0 Å². The van der Waals surface area contributed by atoms with Gasteiger partial charge in [-0.25, -0.2) is 0 Å². The molecule has 6 nitrogen and oxygen atoms in total. The smallest absolute Gasteiger partial charge is 0.254 e. The fourth-order valence-corrected chi connectivity index (χ4v) is 3.56. The normalized spacial score (nSPS) is 13.3. The molecule has 0 atom stereocenters. The van der Waals surface area contributed by atoms with Gasteiger partial charge >= 0.3 is 0 Å². The van der Waals surface area contributed by atoms with Gasteiger partial charge in [-0.3, -0.25) is 9.59 Å². The molecule has 1 aliphatic carbocycles. The SMILES string of the molecule is Cn1cccc1CN(Cc1ccco1)C(=O)CN(C(=O)c1ccc(Cl)cc1)C1CC1. The minimum absolute atomic E-state index is 0.0389. The Morgan fingerprint density at radius 3 is 2.47 bits per heavy atom. The van der Waals surface area contributed by atoms with Gasteiger partial charge in [-0.2, -0.15) is 0 Å². The Morgan fingerprint density at radius 1 is 1.10 bits per heavy atom. The van der Waals surface area contributed by atoms with Gasteiger partial charge in [0, 0.05) is 35.6 Å². The van der Waals surface area contributed by atoms with Crippen molar-refractivity contribution >= 4 is 23.4 Å². The molecule has 3 aromatic rings. The Labute approximate surface area is 180 Å². The molecule has 0 radical (unpaired) electrons. The van der Waals surface area contributed by atoms with E-state index in [4.69, 9.17) is 16.0 Å². The zero-order chi connectivity index (χ0) is 21.1. The fourth-order valence-electron chi connectivity index (χ4n) is 3.44. The number of rotatable bonds is 8. The molecule has 0 unspecified atom stereocenters. The highest BCUT2D eigenvalue weighted by atomic mass is 35.5. The van der Waals surface area contributed by atoms with Crippen molar-refractivity contribution in [3.63, 3.8) is 0 Å². The summed E-state index contributed by atoms with van der Waals surface area (Å²) in [5.74, 6) is 0.459. The molecule has 0 aliphatic heterocycles. The molecule has 1 saturated carbocycles. The highest BCUT2D eigenvalue weighted by molar-refractivity contribution is 6.30. The lowest BCUT2D eigenvalue weighted by Gasteiger charge is -2.27. The first-order valence-corrected chi connectivity index (χ1v) is 10.4. The molecule has 7 heteroatoms. The van der Waals surface area contributed by atoms with Crippen LogP contribution in [0.2, 0.25) is 5.02 Å². The van der Waals surface area contributed by atoms with Crippen LogP contribution in [0.1, 0.15) is 34.7 Å². The first kappa shape index (κ1) is 20.3. The average molecular weight is 426 g/mol. The number of aryl methyl sites for hydroxylation is 1. The number of benzene rings is 1. The molecule has 1 fully saturated rings. The summed E-state index contributed by atoms with van der Waals surface area (Å²) >= 11 is 5.95. The van der Waals surface area contributed by atoms with Crippen LogP contribution >= 0.6 is 11.6 Å². The van der Waals surface area contributed by atoms with Crippen molar-refractivity contribution < 1.29 is 14.0 Å². The van der Waals surface area contributed by atoms with Crippen molar-refractivity contribution in [2.75, 3.05) is 6.54 Å². The van der Waals surface area contributed by atoms with Gasteiger partial charge in [-0.15, -0.1) is 0 Å². The maximum Gasteiger partial charge on any atom is 0.254 e. The van der Waals surface area contributed by atoms with Gasteiger partial charge in [-0.05, 0) is 61.4 Å². The van der Waals surface area contributed by atoms with E-state index in [1.165, 1.54) is 0 Å². The quantitative estimate of drug-likeness (QED) is 0.545. The predicted octanol–water partition coefficient (Wildman–Crippen LogP) is 4.11. The number of hydrogen-bond donors (Lipinski definition) is 0. The van der Waals surface area contributed by atoms with Gasteiger partial charge in [0.1, 0.15) is 12.3 Å². The maximum atomic E-state index is 13.3. The average Bonchev–Trinajstić information content (AvgIpc) is 3.30. The Kier molecular flexibility index (Phi) is 5.95. The molecule has 0 bridgehead atoms. The third-order valence-electron chi connectivity index (χ3n) is 5.33. The standard InChI is InChI=1S/C23H24ClN3O3/c1-25-12-2-4-20(25)14-26(15-21-5-3-13-30-21)22(28)16-27(19-10-11-19)23(29)17-6-8-18(24)9-7-17/h2-9,12-13,19H,10-11,14-16H2,1H3. The van der Waals surface area contributed by atoms with Crippen LogP contribution in [0.15, 0.2) is 65.4 Å². The van der Waals surface area contributed by atoms with E-state index in [2.05, 4.69) is 0 Å². The highest BCUT2D eigenvalue weighted by Crippen LogP contribution is 2.29. The minimum atomic E-state index is -0.140. The first-order chi connectivity index (χ1) is 14.5. The molecule has 2 amide bonds. The first-order valence-electron chi connectivity index (χ1n) is 9.98. The third kappa shape index (κ3) is 4.76. The summed E-state index contributed by atoms with van der Waals surface area (Å²) in [5, 5.41) is 0.577. The van der Waals surface area contributed by atoms with Gasteiger partial charge in [0.15, 0.2) is 0 Å². The van der Waals surface area contributed by atoms with Crippen LogP contribution in [0.4, 0.5) is 0 Å². The molecule has 156 valence electrons. The summed E-state index contributed by atoms with van der Waals surface area (Å²) in [6.45, 7) is 0.832. The largest absolute Gasteiger partial charge is 0.467 e. The van der Waals surface area contributed by atoms with E-state index in [1.807, 2.05) is 36.0 Å². The van der Waals surface area contributed by atoms with E-state index in [-0.39, 0.29) is 24.4 Å². The molecule has 4 rings (SSSR count). The van der Waals surface area contributed by atoms with Crippen LogP contribution in [0.3, 0.4) is 0 Å². The number of halogens is 1. The number of hydrogen-bond acceptors (Lipinski definition) is 3. The summed E-state index contributed by atoms with van der Waals surface area (Å²) in [4.78, 5) is 29.8. The molecule has 30 heavy (non-hydrogen) atoms. The van der Waals surface area contributed by atoms with Crippen molar-refractivity contribution in [1.29, 1.82) is 0 Å². The van der Waals surface area contributed by atoms with Crippen LogP contribution in [0.5, 0.6) is 0 Å². The van der Waals surface area contributed by atoms with Crippen molar-refractivity contribution in [1.82, 2.24) is 14.4 Å². The summed E-state index contributed by atoms with van der Waals surface area (Å²) in [5.41, 5.74) is 1.55. The predicted molar refractivity (Wildman–Crippen MR) is 114 cm³/mol. The van der Waals surface area contributed by atoms with Gasteiger partial charge < -0.3 is 18.8 Å². The highest BCUT2D eigenvalue weighted by Gasteiger charge is 2.35. The van der Waals surface area contributed by atoms with E-state index in [0.717, 1.165) is 18.5 Å².